The molecule has 0 amide bonds. The minimum absolute atomic E-state index is 0.00741. The van der Waals surface area contributed by atoms with E-state index in [9.17, 15) is 0 Å². The maximum Gasteiger partial charge on any atom is 0.193 e. The summed E-state index contributed by atoms with van der Waals surface area (Å²) in [7, 11) is -5.65. The van der Waals surface area contributed by atoms with Crippen molar-refractivity contribution in [3.63, 3.8) is 0 Å². The third-order valence-electron chi connectivity index (χ3n) is 15.6. The van der Waals surface area contributed by atoms with E-state index in [1.807, 2.05) is 0 Å². The Hall–Kier alpha value is -0.549. The van der Waals surface area contributed by atoms with E-state index in [4.69, 9.17) is 18.0 Å². The minimum Gasteiger partial charge on any atom is -0.414 e. The summed E-state index contributed by atoms with van der Waals surface area (Å²) >= 11 is 0. The minimum atomic E-state index is -2.04. The number of hydrogen-bond acceptors (Lipinski definition) is 4. The third-order valence-corrected chi connectivity index (χ3v) is 29.4. The molecular formula is C45H82O4Si3. The highest BCUT2D eigenvalue weighted by Crippen LogP contribution is 2.65. The molecule has 0 bridgehead atoms. The van der Waals surface area contributed by atoms with Crippen LogP contribution in [0.3, 0.4) is 0 Å². The molecule has 0 saturated heterocycles. The predicted molar refractivity (Wildman–Crippen MR) is 232 cm³/mol. The molecule has 4 aliphatic carbocycles. The second kappa shape index (κ2) is 15.4. The smallest absolute Gasteiger partial charge is 0.193 e. The Bertz CT molecular complexity index is 1380. The highest BCUT2D eigenvalue weighted by atomic mass is 28.4. The van der Waals surface area contributed by atoms with Crippen molar-refractivity contribution in [1.29, 1.82) is 0 Å². The van der Waals surface area contributed by atoms with Gasteiger partial charge in [0.1, 0.15) is 0 Å². The second-order valence-corrected chi connectivity index (χ2v) is 35.4. The van der Waals surface area contributed by atoms with Crippen LogP contribution in [0.1, 0.15) is 129 Å². The average Bonchev–Trinajstić information content (AvgIpc) is 3.38. The summed E-state index contributed by atoms with van der Waals surface area (Å²) in [6.45, 7) is 43.4. The molecule has 0 aromatic carbocycles. The maximum atomic E-state index is 7.58. The molecule has 52 heavy (non-hydrogen) atoms. The standard InChI is InChI=1S/C45H82O4Si3/c1-19-52(20-2,21-3)49-43(11,12)28-22-30-46-33(4)37-25-26-38-36-24-23-34-31-35(47-50(15,16)41(5,6)7)32-40(48-51(17,18)42(8,9)10)45(34,14)39(36)27-29-44(37,38)13/h22-25,28,33,35,38-40H,19-21,26-27,29-32H2,1-18H3/b28-22+/t33-,35-,38+,39+,40+,44-,45+/m1/s1. The average molecular weight is 771 g/mol. The molecule has 0 radical (unpaired) electrons. The van der Waals surface area contributed by atoms with Gasteiger partial charge in [0.2, 0.25) is 0 Å². The van der Waals surface area contributed by atoms with E-state index in [0.29, 0.717) is 18.4 Å². The van der Waals surface area contributed by atoms with Gasteiger partial charge in [-0.15, -0.1) is 0 Å². The lowest BCUT2D eigenvalue weighted by Crippen LogP contribution is -2.58. The molecule has 7 atom stereocenters. The van der Waals surface area contributed by atoms with Gasteiger partial charge in [0.25, 0.3) is 0 Å². The van der Waals surface area contributed by atoms with Gasteiger partial charge in [-0.2, -0.15) is 0 Å². The summed E-state index contributed by atoms with van der Waals surface area (Å²) in [5.74, 6) is 1.03. The molecule has 7 heteroatoms. The predicted octanol–water partition coefficient (Wildman–Crippen LogP) is 13.6. The van der Waals surface area contributed by atoms with Gasteiger partial charge >= 0.3 is 0 Å². The van der Waals surface area contributed by atoms with Crippen molar-refractivity contribution in [2.45, 2.75) is 207 Å². The van der Waals surface area contributed by atoms with Crippen LogP contribution < -0.4 is 0 Å². The van der Waals surface area contributed by atoms with Crippen LogP contribution in [0.5, 0.6) is 0 Å². The number of allylic oxidation sites excluding steroid dienone is 4. The lowest BCUT2D eigenvalue weighted by Gasteiger charge is -2.59. The van der Waals surface area contributed by atoms with Crippen molar-refractivity contribution in [2.75, 3.05) is 6.61 Å². The van der Waals surface area contributed by atoms with Crippen molar-refractivity contribution < 1.29 is 18.0 Å². The van der Waals surface area contributed by atoms with E-state index in [1.165, 1.54) is 36.5 Å². The Morgan fingerprint density at radius 1 is 0.846 bits per heavy atom. The fraction of sp³-hybridized carbons (Fsp3) is 0.822. The van der Waals surface area contributed by atoms with Gasteiger partial charge in [-0.3, -0.25) is 0 Å². The van der Waals surface area contributed by atoms with Crippen LogP contribution in [0.15, 0.2) is 47.1 Å². The summed E-state index contributed by atoms with van der Waals surface area (Å²) in [4.78, 5) is 0. The monoisotopic (exact) mass is 771 g/mol. The topological polar surface area (TPSA) is 36.9 Å². The molecule has 0 unspecified atom stereocenters. The number of rotatable bonds is 14. The van der Waals surface area contributed by atoms with E-state index in [2.05, 4.69) is 154 Å². The van der Waals surface area contributed by atoms with Gasteiger partial charge < -0.3 is 18.0 Å². The first kappa shape index (κ1) is 44.2. The first-order valence-electron chi connectivity index (χ1n) is 21.2. The number of fused-ring (bicyclic) bond motifs is 5. The normalized spacial score (nSPS) is 31.1. The van der Waals surface area contributed by atoms with Crippen molar-refractivity contribution in [2.24, 2.45) is 22.7 Å². The summed E-state index contributed by atoms with van der Waals surface area (Å²) in [5, 5.41) is 0.345. The Labute approximate surface area is 325 Å². The molecule has 4 rings (SSSR count). The molecule has 2 saturated carbocycles. The largest absolute Gasteiger partial charge is 0.414 e. The highest BCUT2D eigenvalue weighted by Gasteiger charge is 2.59. The zero-order valence-corrected chi connectivity index (χ0v) is 40.3. The fourth-order valence-electron chi connectivity index (χ4n) is 9.82. The van der Waals surface area contributed by atoms with Crippen LogP contribution in [0.2, 0.25) is 54.4 Å². The van der Waals surface area contributed by atoms with Crippen molar-refractivity contribution in [3.8, 4) is 0 Å². The Balaban J connectivity index is 1.55. The molecule has 0 aromatic heterocycles. The summed E-state index contributed by atoms with van der Waals surface area (Å²) in [6.07, 6.45) is 18.1. The Morgan fingerprint density at radius 2 is 1.42 bits per heavy atom. The molecule has 2 fully saturated rings. The van der Waals surface area contributed by atoms with Gasteiger partial charge in [0, 0.05) is 5.41 Å². The van der Waals surface area contributed by atoms with E-state index in [1.54, 1.807) is 11.1 Å². The third kappa shape index (κ3) is 8.56. The van der Waals surface area contributed by atoms with Crippen molar-refractivity contribution in [1.82, 2.24) is 0 Å². The van der Waals surface area contributed by atoms with E-state index in [0.717, 1.165) is 19.3 Å². The second-order valence-electron chi connectivity index (χ2n) is 21.2. The first-order valence-corrected chi connectivity index (χ1v) is 29.5. The summed E-state index contributed by atoms with van der Waals surface area (Å²) in [6, 6.07) is 3.51. The number of ether oxygens (including phenoxy) is 1. The Morgan fingerprint density at radius 3 is 1.98 bits per heavy atom. The molecule has 4 nitrogen and oxygen atoms in total. The van der Waals surface area contributed by atoms with Crippen LogP contribution in [-0.4, -0.2) is 55.5 Å². The quantitative estimate of drug-likeness (QED) is 0.130. The molecule has 0 aromatic rings. The van der Waals surface area contributed by atoms with Crippen LogP contribution in [0.4, 0.5) is 0 Å². The van der Waals surface area contributed by atoms with Gasteiger partial charge in [0.05, 0.1) is 30.5 Å². The number of hydrogen-bond donors (Lipinski definition) is 0. The zero-order valence-electron chi connectivity index (χ0n) is 37.3. The van der Waals surface area contributed by atoms with Crippen LogP contribution in [-0.2, 0) is 18.0 Å². The highest BCUT2D eigenvalue weighted by molar-refractivity contribution is 6.74. The Kier molecular flexibility index (Phi) is 13.1. The molecule has 298 valence electrons. The molecule has 0 heterocycles. The lowest BCUT2D eigenvalue weighted by molar-refractivity contribution is -0.0398. The molecule has 0 aliphatic heterocycles. The SMILES string of the molecule is CC[Si](CC)(CC)OC(C)(C)/C=C/CO[C@H](C)C1=CC[C@H]2C3=CC=C4C[C@@H](O[Si](C)(C)C(C)(C)C)C[C@H](O[Si](C)(C)C(C)(C)C)[C@]4(C)[C@H]3CC[C@]12C. The molecule has 0 N–H and O–H groups in total. The molecule has 0 spiro atoms. The summed E-state index contributed by atoms with van der Waals surface area (Å²) < 4.78 is 28.2. The summed E-state index contributed by atoms with van der Waals surface area (Å²) in [5.41, 5.74) is 4.61. The fourth-order valence-corrected chi connectivity index (χ4v) is 15.7. The van der Waals surface area contributed by atoms with Gasteiger partial charge in [0.15, 0.2) is 25.0 Å². The maximum absolute atomic E-state index is 7.58. The van der Waals surface area contributed by atoms with Gasteiger partial charge in [-0.1, -0.05) is 118 Å². The van der Waals surface area contributed by atoms with E-state index < -0.39 is 25.0 Å². The van der Waals surface area contributed by atoms with Crippen molar-refractivity contribution in [3.05, 3.63) is 47.1 Å². The van der Waals surface area contributed by atoms with Crippen LogP contribution in [0, 0.1) is 22.7 Å². The van der Waals surface area contributed by atoms with Gasteiger partial charge in [-0.05, 0) is 130 Å². The van der Waals surface area contributed by atoms with Crippen LogP contribution in [0.25, 0.3) is 0 Å². The molecular weight excluding hydrogens is 689 g/mol. The lowest BCUT2D eigenvalue weighted by atomic mass is 9.49. The van der Waals surface area contributed by atoms with Crippen LogP contribution >= 0.6 is 0 Å². The van der Waals surface area contributed by atoms with E-state index in [-0.39, 0.29) is 44.8 Å². The zero-order chi connectivity index (χ0) is 39.3. The molecule has 4 aliphatic rings. The van der Waals surface area contributed by atoms with Crippen molar-refractivity contribution >= 4 is 25.0 Å². The first-order chi connectivity index (χ1) is 23.7. The van der Waals surface area contributed by atoms with E-state index >= 15 is 0 Å². The van der Waals surface area contributed by atoms with Gasteiger partial charge in [-0.25, -0.2) is 0 Å².